The minimum Gasteiger partial charge on any atom is -0.0622 e. The summed E-state index contributed by atoms with van der Waals surface area (Å²) in [6.45, 7) is 0. The standard InChI is InChI=1S/C22H18/c1-3-8-19(9-4-1)14-16-21-12-7-13-22(18-21)17-15-20-10-5-2-6-11-20/h1-18H. The lowest BCUT2D eigenvalue weighted by Crippen LogP contribution is -1.76. The van der Waals surface area contributed by atoms with Crippen molar-refractivity contribution in [2.45, 2.75) is 0 Å². The van der Waals surface area contributed by atoms with E-state index in [2.05, 4.69) is 97.1 Å². The zero-order valence-corrected chi connectivity index (χ0v) is 12.4. The van der Waals surface area contributed by atoms with Gasteiger partial charge in [-0.1, -0.05) is 103 Å². The molecule has 0 fully saturated rings. The highest BCUT2D eigenvalue weighted by molar-refractivity contribution is 5.74. The van der Waals surface area contributed by atoms with E-state index < -0.39 is 0 Å². The lowest BCUT2D eigenvalue weighted by Gasteiger charge is -1.98. The second-order valence-electron chi connectivity index (χ2n) is 5.16. The fourth-order valence-corrected chi connectivity index (χ4v) is 2.28. The molecule has 0 N–H and O–H groups in total. The summed E-state index contributed by atoms with van der Waals surface area (Å²) in [5.41, 5.74) is 4.85. The molecule has 0 bridgehead atoms. The van der Waals surface area contributed by atoms with Crippen LogP contribution in [-0.4, -0.2) is 0 Å². The highest BCUT2D eigenvalue weighted by atomic mass is 14.0. The Morgan fingerprint density at radius 3 is 1.18 bits per heavy atom. The van der Waals surface area contributed by atoms with Crippen LogP contribution in [0.4, 0.5) is 0 Å². The van der Waals surface area contributed by atoms with Crippen molar-refractivity contribution in [2.75, 3.05) is 0 Å². The second kappa shape index (κ2) is 7.24. The van der Waals surface area contributed by atoms with E-state index >= 15 is 0 Å². The molecule has 22 heavy (non-hydrogen) atoms. The van der Waals surface area contributed by atoms with Crippen LogP contribution in [0.15, 0.2) is 84.9 Å². The summed E-state index contributed by atoms with van der Waals surface area (Å²) in [6, 6.07) is 29.2. The van der Waals surface area contributed by atoms with Crippen molar-refractivity contribution in [1.82, 2.24) is 0 Å². The van der Waals surface area contributed by atoms with E-state index in [1.165, 1.54) is 22.3 Å². The average molecular weight is 282 g/mol. The van der Waals surface area contributed by atoms with Gasteiger partial charge in [0.25, 0.3) is 0 Å². The van der Waals surface area contributed by atoms with Crippen LogP contribution in [0.5, 0.6) is 0 Å². The van der Waals surface area contributed by atoms with E-state index in [-0.39, 0.29) is 0 Å². The van der Waals surface area contributed by atoms with Crippen molar-refractivity contribution in [1.29, 1.82) is 0 Å². The summed E-state index contributed by atoms with van der Waals surface area (Å²) < 4.78 is 0. The van der Waals surface area contributed by atoms with E-state index in [0.717, 1.165) is 0 Å². The lowest BCUT2D eigenvalue weighted by atomic mass is 10.1. The first kappa shape index (κ1) is 14.1. The molecule has 0 heteroatoms. The Morgan fingerprint density at radius 1 is 0.364 bits per heavy atom. The van der Waals surface area contributed by atoms with Gasteiger partial charge in [0.15, 0.2) is 0 Å². The van der Waals surface area contributed by atoms with Crippen molar-refractivity contribution in [2.24, 2.45) is 0 Å². The molecular weight excluding hydrogens is 264 g/mol. The van der Waals surface area contributed by atoms with Gasteiger partial charge in [-0.2, -0.15) is 0 Å². The molecule has 3 aromatic carbocycles. The summed E-state index contributed by atoms with van der Waals surface area (Å²) in [6.07, 6.45) is 8.57. The highest BCUT2D eigenvalue weighted by Gasteiger charge is 1.91. The van der Waals surface area contributed by atoms with Crippen LogP contribution >= 0.6 is 0 Å². The maximum absolute atomic E-state index is 2.19. The summed E-state index contributed by atoms with van der Waals surface area (Å²) in [5.74, 6) is 0. The fourth-order valence-electron chi connectivity index (χ4n) is 2.28. The molecule has 3 rings (SSSR count). The van der Waals surface area contributed by atoms with Gasteiger partial charge in [-0.05, 0) is 28.3 Å². The summed E-state index contributed by atoms with van der Waals surface area (Å²) in [7, 11) is 0. The van der Waals surface area contributed by atoms with Gasteiger partial charge in [-0.25, -0.2) is 0 Å². The van der Waals surface area contributed by atoms with Crippen LogP contribution < -0.4 is 0 Å². The van der Waals surface area contributed by atoms with Crippen LogP contribution in [0.3, 0.4) is 0 Å². The first-order valence-electron chi connectivity index (χ1n) is 7.46. The number of hydrogen-bond donors (Lipinski definition) is 0. The van der Waals surface area contributed by atoms with Crippen molar-refractivity contribution in [3.8, 4) is 0 Å². The molecule has 0 aliphatic carbocycles. The van der Waals surface area contributed by atoms with Crippen molar-refractivity contribution in [3.05, 3.63) is 107 Å². The first-order valence-corrected chi connectivity index (χ1v) is 7.46. The zero-order valence-electron chi connectivity index (χ0n) is 12.4. The Hall–Kier alpha value is -2.86. The Kier molecular flexibility index (Phi) is 4.63. The molecule has 0 unspecified atom stereocenters. The van der Waals surface area contributed by atoms with Gasteiger partial charge < -0.3 is 0 Å². The molecule has 3 aromatic rings. The summed E-state index contributed by atoms with van der Waals surface area (Å²) in [5, 5.41) is 0. The Labute approximate surface area is 132 Å². The normalized spacial score (nSPS) is 11.3. The van der Waals surface area contributed by atoms with E-state index in [9.17, 15) is 0 Å². The molecule has 0 spiro atoms. The Bertz CT molecular complexity index is 701. The van der Waals surface area contributed by atoms with E-state index in [0.29, 0.717) is 0 Å². The van der Waals surface area contributed by atoms with Crippen molar-refractivity contribution < 1.29 is 0 Å². The third-order valence-corrected chi connectivity index (χ3v) is 3.45. The summed E-state index contributed by atoms with van der Waals surface area (Å²) in [4.78, 5) is 0. The SMILES string of the molecule is C(=Cc1cccc(C=Cc2ccccc2)c1)c1ccccc1. The molecule has 0 aliphatic heterocycles. The third kappa shape index (κ3) is 4.07. The van der Waals surface area contributed by atoms with E-state index in [1.807, 2.05) is 12.1 Å². The van der Waals surface area contributed by atoms with Crippen LogP contribution in [-0.2, 0) is 0 Å². The quantitative estimate of drug-likeness (QED) is 0.513. The minimum atomic E-state index is 1.21. The van der Waals surface area contributed by atoms with Gasteiger partial charge in [0, 0.05) is 0 Å². The maximum Gasteiger partial charge on any atom is -0.0251 e. The van der Waals surface area contributed by atoms with Crippen LogP contribution in [0.25, 0.3) is 24.3 Å². The number of benzene rings is 3. The average Bonchev–Trinajstić information content (AvgIpc) is 2.60. The molecule has 0 heterocycles. The smallest absolute Gasteiger partial charge is 0.0251 e. The third-order valence-electron chi connectivity index (χ3n) is 3.45. The largest absolute Gasteiger partial charge is 0.0622 e. The minimum absolute atomic E-state index is 1.21. The van der Waals surface area contributed by atoms with E-state index in [4.69, 9.17) is 0 Å². The van der Waals surface area contributed by atoms with Gasteiger partial charge in [-0.3, -0.25) is 0 Å². The van der Waals surface area contributed by atoms with Crippen LogP contribution in [0, 0.1) is 0 Å². The molecule has 0 saturated heterocycles. The summed E-state index contributed by atoms with van der Waals surface area (Å²) >= 11 is 0. The predicted molar refractivity (Wildman–Crippen MR) is 97.2 cm³/mol. The molecule has 0 radical (unpaired) electrons. The van der Waals surface area contributed by atoms with Gasteiger partial charge in [0.2, 0.25) is 0 Å². The van der Waals surface area contributed by atoms with Gasteiger partial charge in [0.1, 0.15) is 0 Å². The molecule has 0 atom stereocenters. The molecule has 0 aromatic heterocycles. The van der Waals surface area contributed by atoms with Gasteiger partial charge >= 0.3 is 0 Å². The topological polar surface area (TPSA) is 0 Å². The van der Waals surface area contributed by atoms with Crippen molar-refractivity contribution >= 4 is 24.3 Å². The zero-order chi connectivity index (χ0) is 15.0. The number of rotatable bonds is 4. The van der Waals surface area contributed by atoms with Gasteiger partial charge in [0.05, 0.1) is 0 Å². The lowest BCUT2D eigenvalue weighted by molar-refractivity contribution is 1.61. The molecule has 0 aliphatic rings. The first-order chi connectivity index (χ1) is 10.9. The van der Waals surface area contributed by atoms with Gasteiger partial charge in [-0.15, -0.1) is 0 Å². The maximum atomic E-state index is 2.19. The molecule has 0 saturated carbocycles. The monoisotopic (exact) mass is 282 g/mol. The van der Waals surface area contributed by atoms with Crippen molar-refractivity contribution in [3.63, 3.8) is 0 Å². The molecule has 106 valence electrons. The molecule has 0 amide bonds. The molecule has 0 nitrogen and oxygen atoms in total. The highest BCUT2D eigenvalue weighted by Crippen LogP contribution is 2.13. The second-order valence-corrected chi connectivity index (χ2v) is 5.16. The van der Waals surface area contributed by atoms with E-state index in [1.54, 1.807) is 0 Å². The number of hydrogen-bond acceptors (Lipinski definition) is 0. The fraction of sp³-hybridized carbons (Fsp3) is 0. The Balaban J connectivity index is 1.75. The predicted octanol–water partition coefficient (Wildman–Crippen LogP) is 6.03. The van der Waals surface area contributed by atoms with Crippen LogP contribution in [0.2, 0.25) is 0 Å². The molecular formula is C22H18. The van der Waals surface area contributed by atoms with Crippen LogP contribution in [0.1, 0.15) is 22.3 Å². The Morgan fingerprint density at radius 2 is 0.727 bits per heavy atom.